The number of nitrogens with two attached hydrogens (primary N) is 1. The Bertz CT molecular complexity index is 397. The van der Waals surface area contributed by atoms with E-state index < -0.39 is 0 Å². The molecule has 0 fully saturated rings. The highest BCUT2D eigenvalue weighted by molar-refractivity contribution is 9.10. The maximum Gasteiger partial charge on any atom is 0.124 e. The predicted molar refractivity (Wildman–Crippen MR) is 69.6 cm³/mol. The minimum Gasteiger partial charge on any atom is -0.489 e. The van der Waals surface area contributed by atoms with Crippen molar-refractivity contribution < 1.29 is 4.74 Å². The third-order valence-corrected chi connectivity index (χ3v) is 3.57. The fraction of sp³-hybridized carbons (Fsp3) is 0.538. The number of ether oxygens (including phenoxy) is 1. The molecule has 1 aromatic rings. The number of hydrogen-bond donors (Lipinski definition) is 1. The van der Waals surface area contributed by atoms with Crippen LogP contribution in [0.25, 0.3) is 0 Å². The van der Waals surface area contributed by atoms with Crippen molar-refractivity contribution in [1.82, 2.24) is 0 Å². The van der Waals surface area contributed by atoms with Gasteiger partial charge in [-0.15, -0.1) is 0 Å². The van der Waals surface area contributed by atoms with Gasteiger partial charge in [0.2, 0.25) is 0 Å². The average Bonchev–Trinajstić information content (AvgIpc) is 2.17. The first-order valence-electron chi connectivity index (χ1n) is 5.59. The quantitative estimate of drug-likeness (QED) is 0.789. The largest absolute Gasteiger partial charge is 0.489 e. The summed E-state index contributed by atoms with van der Waals surface area (Å²) in [5, 5.41) is 0. The summed E-state index contributed by atoms with van der Waals surface area (Å²) in [6.07, 6.45) is 1.07. The Kier molecular flexibility index (Phi) is 3.01. The smallest absolute Gasteiger partial charge is 0.124 e. The van der Waals surface area contributed by atoms with Crippen LogP contribution in [0.5, 0.6) is 5.75 Å². The Labute approximate surface area is 105 Å². The van der Waals surface area contributed by atoms with Crippen molar-refractivity contribution in [3.63, 3.8) is 0 Å². The molecular weight excluding hydrogens is 266 g/mol. The summed E-state index contributed by atoms with van der Waals surface area (Å²) in [7, 11) is 0. The summed E-state index contributed by atoms with van der Waals surface area (Å²) < 4.78 is 7.08. The van der Waals surface area contributed by atoms with E-state index in [-0.39, 0.29) is 17.6 Å². The molecule has 1 aromatic carbocycles. The van der Waals surface area contributed by atoms with Gasteiger partial charge in [0.1, 0.15) is 11.9 Å². The molecule has 0 saturated heterocycles. The van der Waals surface area contributed by atoms with Gasteiger partial charge in [0.15, 0.2) is 0 Å². The fourth-order valence-corrected chi connectivity index (χ4v) is 2.38. The van der Waals surface area contributed by atoms with Crippen LogP contribution in [0.2, 0.25) is 0 Å². The van der Waals surface area contributed by atoms with Crippen LogP contribution in [0.3, 0.4) is 0 Å². The van der Waals surface area contributed by atoms with Crippen LogP contribution in [0.4, 0.5) is 0 Å². The molecule has 2 N–H and O–H groups in total. The van der Waals surface area contributed by atoms with Crippen LogP contribution in [0.1, 0.15) is 38.8 Å². The van der Waals surface area contributed by atoms with Crippen LogP contribution < -0.4 is 10.5 Å². The van der Waals surface area contributed by atoms with Crippen molar-refractivity contribution in [1.29, 1.82) is 0 Å². The number of benzene rings is 1. The lowest BCUT2D eigenvalue weighted by molar-refractivity contribution is 0.0581. The zero-order valence-electron chi connectivity index (χ0n) is 9.96. The SMILES string of the molecule is CC(C)(C)C1C[C@@H](N)c2cc(Br)ccc2O1. The van der Waals surface area contributed by atoms with Crippen LogP contribution in [-0.2, 0) is 0 Å². The number of halogens is 1. The summed E-state index contributed by atoms with van der Waals surface area (Å²) >= 11 is 3.46. The van der Waals surface area contributed by atoms with Gasteiger partial charge in [-0.3, -0.25) is 0 Å². The predicted octanol–water partition coefficient (Wildman–Crippen LogP) is 3.65. The van der Waals surface area contributed by atoms with Gasteiger partial charge in [-0.2, -0.15) is 0 Å². The van der Waals surface area contributed by atoms with Crippen molar-refractivity contribution in [2.24, 2.45) is 11.1 Å². The van der Waals surface area contributed by atoms with Crippen molar-refractivity contribution in [2.45, 2.75) is 39.3 Å². The minimum absolute atomic E-state index is 0.0745. The second kappa shape index (κ2) is 4.04. The molecule has 0 spiro atoms. The molecule has 1 aliphatic heterocycles. The van der Waals surface area contributed by atoms with Crippen molar-refractivity contribution in [2.75, 3.05) is 0 Å². The van der Waals surface area contributed by atoms with Crippen LogP contribution >= 0.6 is 15.9 Å². The molecule has 2 nitrogen and oxygen atoms in total. The molecule has 88 valence electrons. The maximum absolute atomic E-state index is 6.20. The molecular formula is C13H18BrNO. The Morgan fingerprint density at radius 3 is 2.69 bits per heavy atom. The molecule has 0 saturated carbocycles. The van der Waals surface area contributed by atoms with Crippen LogP contribution in [0.15, 0.2) is 22.7 Å². The van der Waals surface area contributed by atoms with E-state index in [1.54, 1.807) is 0 Å². The van der Waals surface area contributed by atoms with Gasteiger partial charge in [-0.25, -0.2) is 0 Å². The van der Waals surface area contributed by atoms with Crippen molar-refractivity contribution >= 4 is 15.9 Å². The molecule has 0 bridgehead atoms. The summed E-state index contributed by atoms with van der Waals surface area (Å²) in [5.41, 5.74) is 7.44. The highest BCUT2D eigenvalue weighted by Gasteiger charge is 2.33. The summed E-state index contributed by atoms with van der Waals surface area (Å²) in [5.74, 6) is 0.932. The topological polar surface area (TPSA) is 35.2 Å². The molecule has 3 heteroatoms. The molecule has 0 radical (unpaired) electrons. The third-order valence-electron chi connectivity index (χ3n) is 3.07. The van der Waals surface area contributed by atoms with Gasteiger partial charge in [0, 0.05) is 22.5 Å². The molecule has 1 unspecified atom stereocenters. The Morgan fingerprint density at radius 2 is 2.06 bits per heavy atom. The normalized spacial score (nSPS) is 24.8. The van der Waals surface area contributed by atoms with Gasteiger partial charge in [-0.1, -0.05) is 36.7 Å². The Balaban J connectivity index is 2.34. The van der Waals surface area contributed by atoms with E-state index in [4.69, 9.17) is 10.5 Å². The van der Waals surface area contributed by atoms with E-state index in [1.807, 2.05) is 12.1 Å². The van der Waals surface area contributed by atoms with E-state index in [1.165, 1.54) is 0 Å². The second-order valence-electron chi connectivity index (χ2n) is 5.50. The highest BCUT2D eigenvalue weighted by atomic mass is 79.9. The first-order valence-corrected chi connectivity index (χ1v) is 6.39. The molecule has 16 heavy (non-hydrogen) atoms. The van der Waals surface area contributed by atoms with Gasteiger partial charge >= 0.3 is 0 Å². The summed E-state index contributed by atoms with van der Waals surface area (Å²) in [6, 6.07) is 6.12. The number of rotatable bonds is 0. The van der Waals surface area contributed by atoms with E-state index >= 15 is 0 Å². The fourth-order valence-electron chi connectivity index (χ4n) is 2.01. The first-order chi connectivity index (χ1) is 7.38. The van der Waals surface area contributed by atoms with Crippen LogP contribution in [0, 0.1) is 5.41 Å². The molecule has 2 rings (SSSR count). The van der Waals surface area contributed by atoms with E-state index in [0.717, 1.165) is 22.2 Å². The average molecular weight is 284 g/mol. The minimum atomic E-state index is 0.0745. The molecule has 0 aliphatic carbocycles. The lowest BCUT2D eigenvalue weighted by atomic mass is 9.82. The Hall–Kier alpha value is -0.540. The summed E-state index contributed by atoms with van der Waals surface area (Å²) in [6.45, 7) is 6.57. The molecule has 1 heterocycles. The van der Waals surface area contributed by atoms with E-state index in [2.05, 4.69) is 42.8 Å². The maximum atomic E-state index is 6.20. The number of fused-ring (bicyclic) bond motifs is 1. The lowest BCUT2D eigenvalue weighted by Crippen LogP contribution is -2.38. The lowest BCUT2D eigenvalue weighted by Gasteiger charge is -2.38. The highest BCUT2D eigenvalue weighted by Crippen LogP contribution is 2.40. The van der Waals surface area contributed by atoms with Crippen molar-refractivity contribution in [3.05, 3.63) is 28.2 Å². The molecule has 0 amide bonds. The second-order valence-corrected chi connectivity index (χ2v) is 6.41. The Morgan fingerprint density at radius 1 is 1.38 bits per heavy atom. The third kappa shape index (κ3) is 2.25. The molecule has 0 aromatic heterocycles. The monoisotopic (exact) mass is 283 g/mol. The van der Waals surface area contributed by atoms with Gasteiger partial charge in [0.25, 0.3) is 0 Å². The van der Waals surface area contributed by atoms with E-state index in [9.17, 15) is 0 Å². The first kappa shape index (κ1) is 11.9. The molecule has 2 atom stereocenters. The molecule has 1 aliphatic rings. The van der Waals surface area contributed by atoms with E-state index in [0.29, 0.717) is 0 Å². The van der Waals surface area contributed by atoms with Crippen molar-refractivity contribution in [3.8, 4) is 5.75 Å². The standard InChI is InChI=1S/C13H18BrNO/c1-13(2,3)12-7-10(15)9-6-8(14)4-5-11(9)16-12/h4-6,10,12H,7,15H2,1-3H3/t10-,12?/m1/s1. The number of hydrogen-bond acceptors (Lipinski definition) is 2. The van der Waals surface area contributed by atoms with Gasteiger partial charge < -0.3 is 10.5 Å². The van der Waals surface area contributed by atoms with Crippen LogP contribution in [-0.4, -0.2) is 6.10 Å². The zero-order valence-corrected chi connectivity index (χ0v) is 11.5. The summed E-state index contributed by atoms with van der Waals surface area (Å²) in [4.78, 5) is 0. The van der Waals surface area contributed by atoms with Gasteiger partial charge in [-0.05, 0) is 23.6 Å². The van der Waals surface area contributed by atoms with Gasteiger partial charge in [0.05, 0.1) is 0 Å². The zero-order chi connectivity index (χ0) is 11.9.